The molecule has 0 radical (unpaired) electrons. The van der Waals surface area contributed by atoms with Crippen LogP contribution < -0.4 is 4.74 Å². The van der Waals surface area contributed by atoms with E-state index in [1.54, 1.807) is 30.3 Å². The normalized spacial score (nSPS) is 16.9. The Labute approximate surface area is 304 Å². The Morgan fingerprint density at radius 1 is 0.654 bits per heavy atom. The molecule has 4 aromatic rings. The summed E-state index contributed by atoms with van der Waals surface area (Å²) in [7, 11) is 4.22. The number of aromatic hydroxyl groups is 2. The molecule has 0 unspecified atom stereocenters. The lowest BCUT2D eigenvalue weighted by molar-refractivity contribution is -0.142. The summed E-state index contributed by atoms with van der Waals surface area (Å²) >= 11 is 0. The lowest BCUT2D eigenvalue weighted by atomic mass is 9.98. The van der Waals surface area contributed by atoms with E-state index in [0.717, 1.165) is 72.1 Å². The van der Waals surface area contributed by atoms with E-state index in [-0.39, 0.29) is 29.7 Å². The number of hydrogen-bond acceptors (Lipinski definition) is 9. The average molecular weight is 707 g/mol. The number of hydrogen-bond donors (Lipinski definition) is 2. The second kappa shape index (κ2) is 18.1. The van der Waals surface area contributed by atoms with Crippen molar-refractivity contribution >= 4 is 23.5 Å². The van der Waals surface area contributed by atoms with Crippen LogP contribution in [0.4, 0.5) is 0 Å². The van der Waals surface area contributed by atoms with Crippen LogP contribution in [0, 0.1) is 0 Å². The zero-order chi connectivity index (χ0) is 37.0. The molecular weight excluding hydrogens is 660 g/mol. The minimum Gasteiger partial charge on any atom is -0.508 e. The van der Waals surface area contributed by atoms with E-state index in [1.165, 1.54) is 38.0 Å². The van der Waals surface area contributed by atoms with E-state index in [2.05, 4.69) is 15.5 Å². The minimum atomic E-state index is -0.299. The highest BCUT2D eigenvalue weighted by Gasteiger charge is 2.26. The summed E-state index contributed by atoms with van der Waals surface area (Å²) in [6.45, 7) is 0.560. The summed E-state index contributed by atoms with van der Waals surface area (Å²) < 4.78 is 19.9. The van der Waals surface area contributed by atoms with Gasteiger partial charge < -0.3 is 29.2 Å². The first-order valence-corrected chi connectivity index (χ1v) is 17.5. The number of aryl methyl sites for hydroxylation is 3. The fourth-order valence-corrected chi connectivity index (χ4v) is 7.05. The topological polar surface area (TPSA) is 129 Å². The number of methoxy groups -OCH3 is 3. The van der Waals surface area contributed by atoms with E-state index in [0.29, 0.717) is 30.9 Å². The largest absolute Gasteiger partial charge is 0.508 e. The third-order valence-electron chi connectivity index (χ3n) is 9.77. The summed E-state index contributed by atoms with van der Waals surface area (Å²) in [5.41, 5.74) is 9.20. The molecule has 9 heteroatoms. The van der Waals surface area contributed by atoms with Crippen LogP contribution in [-0.4, -0.2) is 49.5 Å². The number of fused-ring (bicyclic) bond motifs is 3. The molecule has 0 heterocycles. The number of phenolic OH excluding ortho intramolecular Hbond substituents is 2. The van der Waals surface area contributed by atoms with Gasteiger partial charge in [0.05, 0.1) is 34.2 Å². The van der Waals surface area contributed by atoms with Crippen LogP contribution in [0.3, 0.4) is 0 Å². The van der Waals surface area contributed by atoms with Gasteiger partial charge in [-0.25, -0.2) is 4.79 Å². The summed E-state index contributed by atoms with van der Waals surface area (Å²) in [4.78, 5) is 33.7. The van der Waals surface area contributed by atoms with Crippen LogP contribution in [0.15, 0.2) is 91.0 Å². The van der Waals surface area contributed by atoms with E-state index in [1.807, 2.05) is 54.6 Å². The summed E-state index contributed by atoms with van der Waals surface area (Å²) in [6.07, 6.45) is 8.06. The van der Waals surface area contributed by atoms with Crippen LogP contribution in [0.25, 0.3) is 5.57 Å². The van der Waals surface area contributed by atoms with Gasteiger partial charge in [-0.05, 0) is 131 Å². The Balaban J connectivity index is 0.000000155. The van der Waals surface area contributed by atoms with Gasteiger partial charge in [-0.1, -0.05) is 48.5 Å². The predicted molar refractivity (Wildman–Crippen MR) is 197 cm³/mol. The van der Waals surface area contributed by atoms with Crippen molar-refractivity contribution in [2.24, 2.45) is 0 Å². The third kappa shape index (κ3) is 10.0. The molecule has 272 valence electrons. The highest BCUT2D eigenvalue weighted by atomic mass is 16.5. The molecule has 2 atom stereocenters. The molecule has 2 N–H and O–H groups in total. The van der Waals surface area contributed by atoms with Crippen molar-refractivity contribution in [2.45, 2.75) is 69.8 Å². The summed E-state index contributed by atoms with van der Waals surface area (Å²) in [5.74, 6) is 1.34. The second-order valence-electron chi connectivity index (χ2n) is 13.1. The maximum Gasteiger partial charge on any atom is 0.330 e. The first-order valence-electron chi connectivity index (χ1n) is 17.5. The number of carbonyl (C=O) groups is 3. The zero-order valence-electron chi connectivity index (χ0n) is 29.9. The fraction of sp³-hybridized carbons (Fsp3) is 0.326. The van der Waals surface area contributed by atoms with Crippen LogP contribution >= 0.6 is 0 Å². The Bertz CT molecular complexity index is 1820. The van der Waals surface area contributed by atoms with Crippen molar-refractivity contribution in [3.05, 3.63) is 130 Å². The minimum absolute atomic E-state index is 0.166. The number of rotatable bonds is 8. The highest BCUT2D eigenvalue weighted by Crippen LogP contribution is 2.38. The van der Waals surface area contributed by atoms with Gasteiger partial charge in [0.15, 0.2) is 0 Å². The Morgan fingerprint density at radius 2 is 1.23 bits per heavy atom. The summed E-state index contributed by atoms with van der Waals surface area (Å²) in [6, 6.07) is 26.9. The van der Waals surface area contributed by atoms with Gasteiger partial charge in [-0.3, -0.25) is 9.59 Å². The molecule has 4 aromatic carbocycles. The quantitative estimate of drug-likeness (QED) is 0.107. The number of esters is 3. The summed E-state index contributed by atoms with van der Waals surface area (Å²) in [5, 5.41) is 18.6. The van der Waals surface area contributed by atoms with Gasteiger partial charge in [-0.2, -0.15) is 0 Å². The van der Waals surface area contributed by atoms with Crippen LogP contribution in [0.5, 0.6) is 17.2 Å². The molecule has 0 amide bonds. The predicted octanol–water partition coefficient (Wildman–Crippen LogP) is 7.74. The number of phenols is 2. The first-order chi connectivity index (χ1) is 25.2. The molecule has 0 fully saturated rings. The number of benzene rings is 4. The van der Waals surface area contributed by atoms with Crippen molar-refractivity contribution in [1.82, 2.24) is 0 Å². The van der Waals surface area contributed by atoms with E-state index in [9.17, 15) is 24.6 Å². The number of allylic oxidation sites excluding steroid dienone is 1. The molecule has 52 heavy (non-hydrogen) atoms. The van der Waals surface area contributed by atoms with E-state index >= 15 is 0 Å². The third-order valence-corrected chi connectivity index (χ3v) is 9.77. The van der Waals surface area contributed by atoms with E-state index < -0.39 is 0 Å². The van der Waals surface area contributed by atoms with Gasteiger partial charge in [0, 0.05) is 6.08 Å². The number of carbonyl (C=O) groups excluding carboxylic acids is 3. The maximum absolute atomic E-state index is 11.4. The highest BCUT2D eigenvalue weighted by molar-refractivity contribution is 5.93. The molecule has 3 aliphatic rings. The van der Waals surface area contributed by atoms with E-state index in [4.69, 9.17) is 9.47 Å². The maximum atomic E-state index is 11.4. The van der Waals surface area contributed by atoms with Gasteiger partial charge in [0.2, 0.25) is 0 Å². The lowest BCUT2D eigenvalue weighted by Gasteiger charge is -2.09. The van der Waals surface area contributed by atoms with Crippen LogP contribution in [0.2, 0.25) is 0 Å². The zero-order valence-corrected chi connectivity index (χ0v) is 29.9. The lowest BCUT2D eigenvalue weighted by Crippen LogP contribution is -2.06. The van der Waals surface area contributed by atoms with Gasteiger partial charge in [0.1, 0.15) is 23.9 Å². The molecule has 9 nitrogen and oxygen atoms in total. The molecule has 0 bridgehead atoms. The van der Waals surface area contributed by atoms with Gasteiger partial charge >= 0.3 is 17.9 Å². The SMILES string of the molecule is COC(=O)/C=C1\CCc2cc(OCc3ccccc3)ccc21.COC(=O)C[C@@H]1CCc2cc(O)ccc21.COC(=O)C[C@H]1CCc2cc(O)ccc21. The van der Waals surface area contributed by atoms with Gasteiger partial charge in [-0.15, -0.1) is 0 Å². The van der Waals surface area contributed by atoms with Crippen LogP contribution in [-0.2, 0) is 54.5 Å². The standard InChI is InChI=1S/C19H18O3.2C12H14O3/c1-21-19(20)12-16-8-7-15-11-17(9-10-18(15)16)22-13-14-5-3-2-4-6-14;2*1-15-12(14)7-9-3-2-8-6-10(13)4-5-11(8)9/h2-6,9-12H,7-8,13H2,1H3;2*4-6,9,13H,2-3,7H2,1H3/b16-12+;;/t;2*9-/m.10/s1. The first kappa shape index (κ1) is 37.7. The second-order valence-corrected chi connectivity index (χ2v) is 13.1. The molecular formula is C43H46O9. The molecule has 0 saturated carbocycles. The van der Waals surface area contributed by atoms with Crippen molar-refractivity contribution < 1.29 is 43.5 Å². The molecule has 0 aromatic heterocycles. The Morgan fingerprint density at radius 3 is 1.77 bits per heavy atom. The smallest absolute Gasteiger partial charge is 0.330 e. The van der Waals surface area contributed by atoms with Gasteiger partial charge in [0.25, 0.3) is 0 Å². The molecule has 0 saturated heterocycles. The van der Waals surface area contributed by atoms with Crippen LogP contribution in [0.1, 0.15) is 82.9 Å². The van der Waals surface area contributed by atoms with Crippen molar-refractivity contribution in [3.8, 4) is 17.2 Å². The molecule has 0 aliphatic heterocycles. The molecule has 3 aliphatic carbocycles. The van der Waals surface area contributed by atoms with Crippen molar-refractivity contribution in [3.63, 3.8) is 0 Å². The molecule has 0 spiro atoms. The monoisotopic (exact) mass is 706 g/mol. The average Bonchev–Trinajstić information content (AvgIpc) is 3.87. The Kier molecular flexibility index (Phi) is 13.1. The fourth-order valence-electron chi connectivity index (χ4n) is 7.05. The molecule has 7 rings (SSSR count). The Hall–Kier alpha value is -5.57. The van der Waals surface area contributed by atoms with Crippen molar-refractivity contribution in [2.75, 3.05) is 21.3 Å². The number of ether oxygens (including phenoxy) is 4. The van der Waals surface area contributed by atoms with Crippen molar-refractivity contribution in [1.29, 1.82) is 0 Å².